The molecular formula is C21H18ClN3OS. The summed E-state index contributed by atoms with van der Waals surface area (Å²) in [4.78, 5) is 18.2. The van der Waals surface area contributed by atoms with Crippen LogP contribution in [-0.2, 0) is 6.54 Å². The summed E-state index contributed by atoms with van der Waals surface area (Å²) in [6.45, 7) is 4.50. The van der Waals surface area contributed by atoms with Crippen molar-refractivity contribution < 1.29 is 4.79 Å². The molecule has 1 heterocycles. The van der Waals surface area contributed by atoms with Crippen molar-refractivity contribution in [1.82, 2.24) is 10.3 Å². The van der Waals surface area contributed by atoms with E-state index in [1.807, 2.05) is 24.3 Å². The second kappa shape index (κ2) is 8.34. The van der Waals surface area contributed by atoms with Crippen LogP contribution in [0.25, 0.3) is 10.4 Å². The number of benzene rings is 2. The summed E-state index contributed by atoms with van der Waals surface area (Å²) in [5, 5.41) is 13.5. The first-order valence-electron chi connectivity index (χ1n) is 8.52. The number of carbonyl (C=O) groups is 1. The summed E-state index contributed by atoms with van der Waals surface area (Å²) in [5.41, 5.74) is 2.85. The van der Waals surface area contributed by atoms with Crippen LogP contribution in [-0.4, -0.2) is 10.9 Å². The number of hydrogen-bond acceptors (Lipinski definition) is 4. The van der Waals surface area contributed by atoms with E-state index in [9.17, 15) is 4.79 Å². The Morgan fingerprint density at radius 3 is 2.44 bits per heavy atom. The summed E-state index contributed by atoms with van der Waals surface area (Å²) in [6.07, 6.45) is 0. The molecule has 0 aliphatic carbocycles. The zero-order valence-electron chi connectivity index (χ0n) is 15.0. The van der Waals surface area contributed by atoms with E-state index in [1.54, 1.807) is 24.3 Å². The second-order valence-corrected chi connectivity index (χ2v) is 7.85. The number of hydrogen-bond donors (Lipinski definition) is 1. The zero-order valence-corrected chi connectivity index (χ0v) is 16.6. The standard InChI is InChI=1S/C21H18ClN3OS/c1-13(2)21-25-18(19(27-21)16-7-3-14(11-23)4-8-16)20(26)24-12-15-5-9-17(22)10-6-15/h3-10,13H,12H2,1-2H3,(H,24,26). The van der Waals surface area contributed by atoms with Crippen LogP contribution in [0, 0.1) is 11.3 Å². The Bertz CT molecular complexity index is 986. The number of carbonyl (C=O) groups excluding carboxylic acids is 1. The molecule has 3 aromatic rings. The van der Waals surface area contributed by atoms with Gasteiger partial charge in [-0.1, -0.05) is 49.7 Å². The summed E-state index contributed by atoms with van der Waals surface area (Å²) in [6, 6.07) is 16.7. The van der Waals surface area contributed by atoms with Gasteiger partial charge in [0.2, 0.25) is 0 Å². The highest BCUT2D eigenvalue weighted by Gasteiger charge is 2.20. The molecule has 0 atom stereocenters. The second-order valence-electron chi connectivity index (χ2n) is 6.38. The van der Waals surface area contributed by atoms with E-state index in [2.05, 4.69) is 30.2 Å². The van der Waals surface area contributed by atoms with Gasteiger partial charge in [-0.15, -0.1) is 11.3 Å². The molecule has 0 aliphatic rings. The Balaban J connectivity index is 1.87. The van der Waals surface area contributed by atoms with Gasteiger partial charge in [0.05, 0.1) is 21.5 Å². The van der Waals surface area contributed by atoms with Gasteiger partial charge in [-0.05, 0) is 35.4 Å². The van der Waals surface area contributed by atoms with E-state index in [0.717, 1.165) is 21.0 Å². The van der Waals surface area contributed by atoms with E-state index in [1.165, 1.54) is 11.3 Å². The highest BCUT2D eigenvalue weighted by molar-refractivity contribution is 7.15. The van der Waals surface area contributed by atoms with Crippen molar-refractivity contribution in [3.05, 3.63) is 75.4 Å². The van der Waals surface area contributed by atoms with Crippen LogP contribution in [0.15, 0.2) is 48.5 Å². The summed E-state index contributed by atoms with van der Waals surface area (Å²) < 4.78 is 0. The van der Waals surface area contributed by atoms with Gasteiger partial charge in [0.25, 0.3) is 5.91 Å². The van der Waals surface area contributed by atoms with Crippen LogP contribution in [0.5, 0.6) is 0 Å². The predicted molar refractivity (Wildman–Crippen MR) is 109 cm³/mol. The number of halogens is 1. The van der Waals surface area contributed by atoms with Crippen molar-refractivity contribution in [1.29, 1.82) is 5.26 Å². The van der Waals surface area contributed by atoms with Crippen LogP contribution in [0.3, 0.4) is 0 Å². The molecule has 0 saturated carbocycles. The quantitative estimate of drug-likeness (QED) is 0.629. The SMILES string of the molecule is CC(C)c1nc(C(=O)NCc2ccc(Cl)cc2)c(-c2ccc(C#N)cc2)s1. The number of rotatable bonds is 5. The van der Waals surface area contributed by atoms with E-state index < -0.39 is 0 Å². The van der Waals surface area contributed by atoms with Gasteiger partial charge in [-0.3, -0.25) is 4.79 Å². The van der Waals surface area contributed by atoms with Crippen LogP contribution in [0.2, 0.25) is 5.02 Å². The number of thiazole rings is 1. The Morgan fingerprint density at radius 2 is 1.85 bits per heavy atom. The molecule has 0 unspecified atom stereocenters. The van der Waals surface area contributed by atoms with Crippen molar-refractivity contribution in [3.8, 4) is 16.5 Å². The van der Waals surface area contributed by atoms with E-state index in [-0.39, 0.29) is 11.8 Å². The Labute approximate surface area is 167 Å². The lowest BCUT2D eigenvalue weighted by molar-refractivity contribution is 0.0947. The van der Waals surface area contributed by atoms with E-state index in [4.69, 9.17) is 16.9 Å². The lowest BCUT2D eigenvalue weighted by Crippen LogP contribution is -2.23. The number of nitrogens with zero attached hydrogens (tertiary/aromatic N) is 2. The molecule has 0 spiro atoms. The molecule has 4 nitrogen and oxygen atoms in total. The third-order valence-electron chi connectivity index (χ3n) is 4.00. The van der Waals surface area contributed by atoms with E-state index >= 15 is 0 Å². The molecule has 0 bridgehead atoms. The van der Waals surface area contributed by atoms with Gasteiger partial charge in [0.15, 0.2) is 0 Å². The highest BCUT2D eigenvalue weighted by Crippen LogP contribution is 2.33. The first-order valence-corrected chi connectivity index (χ1v) is 9.71. The fourth-order valence-corrected chi connectivity index (χ4v) is 3.69. The topological polar surface area (TPSA) is 65.8 Å². The average Bonchev–Trinajstić information content (AvgIpc) is 3.13. The molecule has 0 radical (unpaired) electrons. The summed E-state index contributed by atoms with van der Waals surface area (Å²) in [7, 11) is 0. The molecule has 6 heteroatoms. The first kappa shape index (κ1) is 19.1. The average molecular weight is 396 g/mol. The van der Waals surface area contributed by atoms with Gasteiger partial charge < -0.3 is 5.32 Å². The summed E-state index contributed by atoms with van der Waals surface area (Å²) in [5.74, 6) is 0.0115. The van der Waals surface area contributed by atoms with Crippen molar-refractivity contribution >= 4 is 28.8 Å². The van der Waals surface area contributed by atoms with Gasteiger partial charge in [-0.25, -0.2) is 4.98 Å². The van der Waals surface area contributed by atoms with Crippen LogP contribution in [0.4, 0.5) is 0 Å². The molecule has 3 rings (SSSR count). The van der Waals surface area contributed by atoms with E-state index in [0.29, 0.717) is 22.8 Å². The van der Waals surface area contributed by atoms with Crippen molar-refractivity contribution in [3.63, 3.8) is 0 Å². The zero-order chi connectivity index (χ0) is 19.4. The molecule has 0 fully saturated rings. The Kier molecular flexibility index (Phi) is 5.90. The molecule has 1 N–H and O–H groups in total. The molecule has 136 valence electrons. The maximum atomic E-state index is 12.8. The van der Waals surface area contributed by atoms with Gasteiger partial charge >= 0.3 is 0 Å². The number of amides is 1. The highest BCUT2D eigenvalue weighted by atomic mass is 35.5. The molecule has 1 amide bonds. The van der Waals surface area contributed by atoms with Crippen molar-refractivity contribution in [2.45, 2.75) is 26.3 Å². The number of nitrogens with one attached hydrogen (secondary N) is 1. The third kappa shape index (κ3) is 4.54. The molecule has 1 aromatic heterocycles. The molecule has 0 aliphatic heterocycles. The van der Waals surface area contributed by atoms with Crippen molar-refractivity contribution in [2.75, 3.05) is 0 Å². The minimum absolute atomic E-state index is 0.215. The van der Waals surface area contributed by atoms with Crippen LogP contribution in [0.1, 0.15) is 46.4 Å². The minimum Gasteiger partial charge on any atom is -0.347 e. The lowest BCUT2D eigenvalue weighted by Gasteiger charge is -2.06. The maximum Gasteiger partial charge on any atom is 0.271 e. The van der Waals surface area contributed by atoms with Crippen LogP contribution < -0.4 is 5.32 Å². The van der Waals surface area contributed by atoms with Gasteiger partial charge in [0, 0.05) is 17.5 Å². The van der Waals surface area contributed by atoms with Crippen LogP contribution >= 0.6 is 22.9 Å². The number of aromatic nitrogens is 1. The molecule has 27 heavy (non-hydrogen) atoms. The first-order chi connectivity index (χ1) is 13.0. The smallest absolute Gasteiger partial charge is 0.271 e. The van der Waals surface area contributed by atoms with Gasteiger partial charge in [0.1, 0.15) is 5.69 Å². The maximum absolute atomic E-state index is 12.8. The normalized spacial score (nSPS) is 10.6. The molecule has 2 aromatic carbocycles. The monoisotopic (exact) mass is 395 g/mol. The molecule has 0 saturated heterocycles. The largest absolute Gasteiger partial charge is 0.347 e. The van der Waals surface area contributed by atoms with Crippen molar-refractivity contribution in [2.24, 2.45) is 0 Å². The minimum atomic E-state index is -0.215. The lowest BCUT2D eigenvalue weighted by atomic mass is 10.1. The fraction of sp³-hybridized carbons (Fsp3) is 0.190. The van der Waals surface area contributed by atoms with Gasteiger partial charge in [-0.2, -0.15) is 5.26 Å². The number of nitriles is 1. The third-order valence-corrected chi connectivity index (χ3v) is 5.65. The summed E-state index contributed by atoms with van der Waals surface area (Å²) >= 11 is 7.41. The Hall–Kier alpha value is -2.68. The Morgan fingerprint density at radius 1 is 1.19 bits per heavy atom. The predicted octanol–water partition coefficient (Wildman–Crippen LogP) is 5.39. The molecular weight excluding hydrogens is 378 g/mol. The fourth-order valence-electron chi connectivity index (χ4n) is 2.50.